The fourth-order valence-corrected chi connectivity index (χ4v) is 4.96. The van der Waals surface area contributed by atoms with Gasteiger partial charge in [-0.2, -0.15) is 13.2 Å². The van der Waals surface area contributed by atoms with Gasteiger partial charge in [0.1, 0.15) is 11.5 Å². The van der Waals surface area contributed by atoms with E-state index in [0.29, 0.717) is 47.5 Å². The normalized spacial score (nSPS) is 15.5. The van der Waals surface area contributed by atoms with Gasteiger partial charge in [0.2, 0.25) is 5.88 Å². The molecule has 2 aromatic heterocycles. The van der Waals surface area contributed by atoms with Crippen molar-refractivity contribution in [2.24, 2.45) is 5.73 Å². The van der Waals surface area contributed by atoms with Crippen molar-refractivity contribution in [3.8, 4) is 17.0 Å². The number of hydrogen-bond acceptors (Lipinski definition) is 7. The molecule has 13 heteroatoms. The molecule has 0 saturated carbocycles. The van der Waals surface area contributed by atoms with Gasteiger partial charge in [-0.25, -0.2) is 14.4 Å². The number of hydrogen-bond donors (Lipinski definition) is 2. The van der Waals surface area contributed by atoms with Crippen molar-refractivity contribution in [3.05, 3.63) is 71.4 Å². The van der Waals surface area contributed by atoms with Gasteiger partial charge in [-0.05, 0) is 49.2 Å². The van der Waals surface area contributed by atoms with E-state index < -0.39 is 29.2 Å². The van der Waals surface area contributed by atoms with Crippen LogP contribution in [0, 0.1) is 5.82 Å². The molecule has 1 aromatic carbocycles. The Morgan fingerprint density at radius 1 is 1.14 bits per heavy atom. The van der Waals surface area contributed by atoms with Gasteiger partial charge < -0.3 is 25.6 Å². The van der Waals surface area contributed by atoms with Gasteiger partial charge in [-0.15, -0.1) is 0 Å². The first-order valence-electron chi connectivity index (χ1n) is 13.6. The van der Waals surface area contributed by atoms with Crippen LogP contribution in [-0.2, 0) is 6.18 Å². The Balaban J connectivity index is 1.67. The lowest BCUT2D eigenvalue weighted by Crippen LogP contribution is -2.55. The van der Waals surface area contributed by atoms with Crippen LogP contribution in [0.3, 0.4) is 0 Å². The molecular formula is C29H32F4N6O3. The summed E-state index contributed by atoms with van der Waals surface area (Å²) >= 11 is 0. The minimum atomic E-state index is -4.95. The lowest BCUT2D eigenvalue weighted by atomic mass is 9.99. The van der Waals surface area contributed by atoms with Crippen LogP contribution in [-0.4, -0.2) is 72.1 Å². The van der Waals surface area contributed by atoms with Gasteiger partial charge in [-0.1, -0.05) is 13.0 Å². The second-order valence-electron chi connectivity index (χ2n) is 9.62. The highest BCUT2D eigenvalue weighted by molar-refractivity contribution is 6.01. The zero-order valence-corrected chi connectivity index (χ0v) is 23.2. The van der Waals surface area contributed by atoms with Crippen molar-refractivity contribution >= 4 is 17.5 Å². The smallest absolute Gasteiger partial charge is 0.418 e. The molecule has 1 fully saturated rings. The summed E-state index contributed by atoms with van der Waals surface area (Å²) in [4.78, 5) is 37.6. The van der Waals surface area contributed by atoms with E-state index in [1.165, 1.54) is 4.90 Å². The minimum absolute atomic E-state index is 0.0639. The molecule has 9 nitrogen and oxygen atoms in total. The number of benzene rings is 1. The zero-order valence-electron chi connectivity index (χ0n) is 23.2. The predicted octanol–water partition coefficient (Wildman–Crippen LogP) is 4.13. The Hall–Kier alpha value is -4.26. The largest absolute Gasteiger partial charge is 0.478 e. The SMILES string of the molecule is CCOc1ncccc1-c1ccc(N2CCN(C(=O)c3ncc(F)cc3C(F)(F)F)C[C@H]2CC)c(C(=O)NCCN)c1. The quantitative estimate of drug-likeness (QED) is 0.362. The minimum Gasteiger partial charge on any atom is -0.478 e. The van der Waals surface area contributed by atoms with E-state index in [4.69, 9.17) is 10.5 Å². The van der Waals surface area contributed by atoms with E-state index >= 15 is 0 Å². The van der Waals surface area contributed by atoms with Crippen LogP contribution in [0.4, 0.5) is 23.2 Å². The number of rotatable bonds is 9. The number of piperazine rings is 1. The number of nitrogens with one attached hydrogen (secondary N) is 1. The molecule has 1 aliphatic rings. The molecule has 3 aromatic rings. The van der Waals surface area contributed by atoms with Crippen molar-refractivity contribution in [3.63, 3.8) is 0 Å². The first-order valence-corrected chi connectivity index (χ1v) is 13.6. The lowest BCUT2D eigenvalue weighted by molar-refractivity contribution is -0.138. The molecule has 1 aliphatic heterocycles. The summed E-state index contributed by atoms with van der Waals surface area (Å²) in [7, 11) is 0. The number of amides is 2. The number of carbonyl (C=O) groups excluding carboxylic acids is 2. The van der Waals surface area contributed by atoms with Crippen LogP contribution < -0.4 is 20.7 Å². The highest BCUT2D eigenvalue weighted by Crippen LogP contribution is 2.35. The number of pyridine rings is 2. The molecular weight excluding hydrogens is 556 g/mol. The molecule has 42 heavy (non-hydrogen) atoms. The Kier molecular flexibility index (Phi) is 9.61. The standard InChI is InChI=1S/C29H32F4N6O3/c1-3-20-17-38(28(41)25-23(29(31,32)33)15-19(30)16-37-25)12-13-39(20)24-8-7-18(14-22(24)26(40)35-11-9-34)21-6-5-10-36-27(21)42-4-2/h5-8,10,14-16,20H,3-4,9,11-13,17,34H2,1-2H3,(H,35,40)/t20-/m1/s1. The molecule has 0 spiro atoms. The second-order valence-corrected chi connectivity index (χ2v) is 9.62. The number of halogens is 4. The van der Waals surface area contributed by atoms with E-state index in [2.05, 4.69) is 15.3 Å². The second kappa shape index (κ2) is 13.1. The fourth-order valence-electron chi connectivity index (χ4n) is 4.96. The van der Waals surface area contributed by atoms with Crippen LogP contribution in [0.5, 0.6) is 5.88 Å². The first-order chi connectivity index (χ1) is 20.1. The average molecular weight is 589 g/mol. The van der Waals surface area contributed by atoms with Crippen LogP contribution in [0.15, 0.2) is 48.8 Å². The highest BCUT2D eigenvalue weighted by atomic mass is 19.4. The third-order valence-electron chi connectivity index (χ3n) is 6.95. The molecule has 3 N–H and O–H groups in total. The Bertz CT molecular complexity index is 1430. The number of nitrogens with zero attached hydrogens (tertiary/aromatic N) is 4. The van der Waals surface area contributed by atoms with Gasteiger partial charge in [0.15, 0.2) is 0 Å². The third kappa shape index (κ3) is 6.62. The summed E-state index contributed by atoms with van der Waals surface area (Å²) in [6, 6.07) is 8.94. The summed E-state index contributed by atoms with van der Waals surface area (Å²) in [5.74, 6) is -2.04. The molecule has 0 aliphatic carbocycles. The van der Waals surface area contributed by atoms with Crippen LogP contribution in [0.2, 0.25) is 0 Å². The van der Waals surface area contributed by atoms with Gasteiger partial charge >= 0.3 is 6.18 Å². The maximum atomic E-state index is 13.6. The molecule has 2 amide bonds. The van der Waals surface area contributed by atoms with Crippen LogP contribution >= 0.6 is 0 Å². The molecule has 1 saturated heterocycles. The number of anilines is 1. The maximum Gasteiger partial charge on any atom is 0.418 e. The average Bonchev–Trinajstić information content (AvgIpc) is 2.99. The number of ether oxygens (including phenoxy) is 1. The molecule has 0 radical (unpaired) electrons. The zero-order chi connectivity index (χ0) is 30.4. The van der Waals surface area contributed by atoms with E-state index in [1.54, 1.807) is 24.4 Å². The van der Waals surface area contributed by atoms with E-state index in [9.17, 15) is 27.2 Å². The number of alkyl halides is 3. The van der Waals surface area contributed by atoms with Crippen molar-refractivity contribution in [2.45, 2.75) is 32.5 Å². The first kappa shape index (κ1) is 30.7. The highest BCUT2D eigenvalue weighted by Gasteiger charge is 2.39. The van der Waals surface area contributed by atoms with Gasteiger partial charge in [-0.3, -0.25) is 9.59 Å². The Labute approximate surface area is 240 Å². The number of aromatic nitrogens is 2. The van der Waals surface area contributed by atoms with Crippen molar-refractivity contribution in [1.82, 2.24) is 20.2 Å². The molecule has 0 unspecified atom stereocenters. The Morgan fingerprint density at radius 3 is 2.62 bits per heavy atom. The summed E-state index contributed by atoms with van der Waals surface area (Å²) in [5.41, 5.74) is 5.72. The van der Waals surface area contributed by atoms with E-state index in [1.807, 2.05) is 30.9 Å². The lowest BCUT2D eigenvalue weighted by Gasteiger charge is -2.43. The van der Waals surface area contributed by atoms with Crippen molar-refractivity contribution in [2.75, 3.05) is 44.2 Å². The molecule has 0 bridgehead atoms. The molecule has 3 heterocycles. The third-order valence-corrected chi connectivity index (χ3v) is 6.95. The van der Waals surface area contributed by atoms with Gasteiger partial charge in [0.25, 0.3) is 11.8 Å². The van der Waals surface area contributed by atoms with Crippen LogP contribution in [0.1, 0.15) is 46.7 Å². The summed E-state index contributed by atoms with van der Waals surface area (Å²) < 4.78 is 60.0. The number of carbonyl (C=O) groups is 2. The Morgan fingerprint density at radius 2 is 1.93 bits per heavy atom. The van der Waals surface area contributed by atoms with Gasteiger partial charge in [0, 0.05) is 56.2 Å². The van der Waals surface area contributed by atoms with E-state index in [0.717, 1.165) is 0 Å². The van der Waals surface area contributed by atoms with Gasteiger partial charge in [0.05, 0.1) is 23.9 Å². The number of nitrogens with two attached hydrogens (primary N) is 1. The molecule has 4 rings (SSSR count). The summed E-state index contributed by atoms with van der Waals surface area (Å²) in [6.07, 6.45) is -2.21. The molecule has 1 atom stereocenters. The monoisotopic (exact) mass is 588 g/mol. The predicted molar refractivity (Wildman–Crippen MR) is 149 cm³/mol. The van der Waals surface area contributed by atoms with Crippen molar-refractivity contribution < 1.29 is 31.9 Å². The van der Waals surface area contributed by atoms with Crippen molar-refractivity contribution in [1.29, 1.82) is 0 Å². The summed E-state index contributed by atoms with van der Waals surface area (Å²) in [6.45, 7) is 5.01. The topological polar surface area (TPSA) is 114 Å². The van der Waals surface area contributed by atoms with Crippen LogP contribution in [0.25, 0.3) is 11.1 Å². The molecule has 224 valence electrons. The maximum absolute atomic E-state index is 13.6. The fraction of sp³-hybridized carbons (Fsp3) is 0.379. The van der Waals surface area contributed by atoms with E-state index in [-0.39, 0.29) is 50.7 Å². The summed E-state index contributed by atoms with van der Waals surface area (Å²) in [5, 5.41) is 2.81.